The highest BCUT2D eigenvalue weighted by Crippen LogP contribution is 2.31. The van der Waals surface area contributed by atoms with Gasteiger partial charge in [0.15, 0.2) is 0 Å². The van der Waals surface area contributed by atoms with Crippen LogP contribution in [0.2, 0.25) is 0 Å². The van der Waals surface area contributed by atoms with Crippen LogP contribution >= 0.6 is 0 Å². The molecule has 0 radical (unpaired) electrons. The number of nitrogens with one attached hydrogen (secondary N) is 2. The minimum atomic E-state index is -4.44. The van der Waals surface area contributed by atoms with Crippen molar-refractivity contribution >= 4 is 11.6 Å². The Balaban J connectivity index is 2.78. The molecule has 0 atom stereocenters. The summed E-state index contributed by atoms with van der Waals surface area (Å²) in [7, 11) is 0. The van der Waals surface area contributed by atoms with E-state index in [0.29, 0.717) is 19.8 Å². The SMILES string of the molecule is CCOCCNc1cc(C(F)(F)F)cc(NN)n1. The number of halogens is 3. The van der Waals surface area contributed by atoms with E-state index in [1.165, 1.54) is 0 Å². The molecule has 0 bridgehead atoms. The highest BCUT2D eigenvalue weighted by molar-refractivity contribution is 5.49. The molecular formula is C10H15F3N4O. The van der Waals surface area contributed by atoms with E-state index < -0.39 is 11.7 Å². The fourth-order valence-electron chi connectivity index (χ4n) is 1.25. The highest BCUT2D eigenvalue weighted by Gasteiger charge is 2.31. The molecule has 8 heteroatoms. The van der Waals surface area contributed by atoms with Crippen molar-refractivity contribution in [2.24, 2.45) is 5.84 Å². The van der Waals surface area contributed by atoms with Crippen LogP contribution in [0.15, 0.2) is 12.1 Å². The Morgan fingerprint density at radius 2 is 2.00 bits per heavy atom. The molecule has 1 aromatic rings. The van der Waals surface area contributed by atoms with Gasteiger partial charge in [0.05, 0.1) is 12.2 Å². The van der Waals surface area contributed by atoms with Crippen LogP contribution in [0.4, 0.5) is 24.8 Å². The first-order valence-corrected chi connectivity index (χ1v) is 5.35. The Kier molecular flexibility index (Phi) is 5.17. The average molecular weight is 264 g/mol. The van der Waals surface area contributed by atoms with Crippen LogP contribution in [0, 0.1) is 0 Å². The molecule has 4 N–H and O–H groups in total. The lowest BCUT2D eigenvalue weighted by Gasteiger charge is -2.12. The van der Waals surface area contributed by atoms with Crippen LogP contribution in [0.1, 0.15) is 12.5 Å². The fraction of sp³-hybridized carbons (Fsp3) is 0.500. The Morgan fingerprint density at radius 1 is 1.33 bits per heavy atom. The summed E-state index contributed by atoms with van der Waals surface area (Å²) in [5.74, 6) is 5.12. The van der Waals surface area contributed by atoms with Gasteiger partial charge in [-0.3, -0.25) is 0 Å². The summed E-state index contributed by atoms with van der Waals surface area (Å²) in [6, 6.07) is 1.76. The summed E-state index contributed by atoms with van der Waals surface area (Å²) in [6.45, 7) is 3.14. The maximum atomic E-state index is 12.6. The summed E-state index contributed by atoms with van der Waals surface area (Å²) < 4.78 is 42.8. The number of hydrazine groups is 1. The van der Waals surface area contributed by atoms with Crippen molar-refractivity contribution in [3.8, 4) is 0 Å². The Bertz CT molecular complexity index is 384. The van der Waals surface area contributed by atoms with Gasteiger partial charge in [0.2, 0.25) is 0 Å². The van der Waals surface area contributed by atoms with Gasteiger partial charge in [-0.2, -0.15) is 13.2 Å². The van der Waals surface area contributed by atoms with Crippen molar-refractivity contribution < 1.29 is 17.9 Å². The number of nitrogens with two attached hydrogens (primary N) is 1. The van der Waals surface area contributed by atoms with Gasteiger partial charge in [-0.1, -0.05) is 0 Å². The van der Waals surface area contributed by atoms with E-state index in [1.54, 1.807) is 0 Å². The molecule has 18 heavy (non-hydrogen) atoms. The number of aromatic nitrogens is 1. The van der Waals surface area contributed by atoms with E-state index >= 15 is 0 Å². The van der Waals surface area contributed by atoms with E-state index in [0.717, 1.165) is 12.1 Å². The van der Waals surface area contributed by atoms with Gasteiger partial charge in [0.1, 0.15) is 11.6 Å². The minimum Gasteiger partial charge on any atom is -0.380 e. The second kappa shape index (κ2) is 6.41. The van der Waals surface area contributed by atoms with Crippen LogP contribution < -0.4 is 16.6 Å². The summed E-state index contributed by atoms with van der Waals surface area (Å²) in [5.41, 5.74) is 1.28. The van der Waals surface area contributed by atoms with Gasteiger partial charge >= 0.3 is 6.18 Å². The number of ether oxygens (including phenoxy) is 1. The molecule has 0 saturated carbocycles. The zero-order valence-corrected chi connectivity index (χ0v) is 9.84. The third-order valence-corrected chi connectivity index (χ3v) is 2.06. The molecule has 1 heterocycles. The molecule has 0 saturated heterocycles. The molecule has 1 aromatic heterocycles. The van der Waals surface area contributed by atoms with E-state index in [9.17, 15) is 13.2 Å². The van der Waals surface area contributed by atoms with Crippen molar-refractivity contribution in [2.75, 3.05) is 30.5 Å². The lowest BCUT2D eigenvalue weighted by molar-refractivity contribution is -0.137. The van der Waals surface area contributed by atoms with E-state index in [1.807, 2.05) is 6.92 Å². The average Bonchev–Trinajstić information content (AvgIpc) is 2.33. The quantitative estimate of drug-likeness (QED) is 0.415. The second-order valence-corrected chi connectivity index (χ2v) is 3.39. The molecule has 0 spiro atoms. The van der Waals surface area contributed by atoms with Crippen molar-refractivity contribution in [1.29, 1.82) is 0 Å². The number of pyridine rings is 1. The molecule has 0 aromatic carbocycles. The number of anilines is 2. The van der Waals surface area contributed by atoms with Crippen LogP contribution in [0.5, 0.6) is 0 Å². The molecule has 0 amide bonds. The first kappa shape index (κ1) is 14.5. The van der Waals surface area contributed by atoms with Gasteiger partial charge in [0, 0.05) is 13.2 Å². The number of hydrogen-bond donors (Lipinski definition) is 3. The normalized spacial score (nSPS) is 11.4. The van der Waals surface area contributed by atoms with Crippen molar-refractivity contribution in [3.05, 3.63) is 17.7 Å². The van der Waals surface area contributed by atoms with Gasteiger partial charge < -0.3 is 15.5 Å². The molecule has 0 aliphatic rings. The Morgan fingerprint density at radius 3 is 2.56 bits per heavy atom. The van der Waals surface area contributed by atoms with Gasteiger partial charge in [-0.15, -0.1) is 0 Å². The molecule has 5 nitrogen and oxygen atoms in total. The predicted molar refractivity (Wildman–Crippen MR) is 62.0 cm³/mol. The van der Waals surface area contributed by atoms with Crippen LogP contribution in [-0.2, 0) is 10.9 Å². The largest absolute Gasteiger partial charge is 0.416 e. The molecule has 0 aliphatic carbocycles. The van der Waals surface area contributed by atoms with Crippen molar-refractivity contribution in [1.82, 2.24) is 4.98 Å². The summed E-state index contributed by atoms with van der Waals surface area (Å²) in [6.07, 6.45) is -4.44. The van der Waals surface area contributed by atoms with Gasteiger partial charge in [-0.25, -0.2) is 10.8 Å². The van der Waals surface area contributed by atoms with E-state index in [4.69, 9.17) is 10.6 Å². The predicted octanol–water partition coefficient (Wildman–Crippen LogP) is 1.83. The number of nitrogens with zero attached hydrogens (tertiary/aromatic N) is 1. The molecule has 1 rings (SSSR count). The minimum absolute atomic E-state index is 0.0521. The standard InChI is InChI=1S/C10H15F3N4O/c1-2-18-4-3-15-8-5-7(10(11,12)13)6-9(16-8)17-14/h5-6H,2-4,14H2,1H3,(H2,15,16,17). The molecule has 0 unspecified atom stereocenters. The van der Waals surface area contributed by atoms with Crippen LogP contribution in [0.25, 0.3) is 0 Å². The molecule has 0 fully saturated rings. The molecule has 0 aliphatic heterocycles. The first-order chi connectivity index (χ1) is 8.47. The first-order valence-electron chi connectivity index (χ1n) is 5.35. The third kappa shape index (κ3) is 4.38. The van der Waals surface area contributed by atoms with Gasteiger partial charge in [0.25, 0.3) is 0 Å². The Labute approximate surface area is 102 Å². The maximum Gasteiger partial charge on any atom is 0.416 e. The van der Waals surface area contributed by atoms with E-state index in [-0.39, 0.29) is 11.6 Å². The van der Waals surface area contributed by atoms with Crippen molar-refractivity contribution in [2.45, 2.75) is 13.1 Å². The number of rotatable bonds is 6. The summed E-state index contributed by atoms with van der Waals surface area (Å²) in [4.78, 5) is 3.86. The lowest BCUT2D eigenvalue weighted by atomic mass is 10.2. The highest BCUT2D eigenvalue weighted by atomic mass is 19.4. The maximum absolute atomic E-state index is 12.6. The zero-order valence-electron chi connectivity index (χ0n) is 9.84. The second-order valence-electron chi connectivity index (χ2n) is 3.39. The zero-order chi connectivity index (χ0) is 13.6. The van der Waals surface area contributed by atoms with E-state index in [2.05, 4.69) is 15.7 Å². The topological polar surface area (TPSA) is 72.2 Å². The Hall–Kier alpha value is -1.54. The monoisotopic (exact) mass is 264 g/mol. The molecule has 102 valence electrons. The van der Waals surface area contributed by atoms with Gasteiger partial charge in [-0.05, 0) is 19.1 Å². The summed E-state index contributed by atoms with van der Waals surface area (Å²) >= 11 is 0. The number of hydrogen-bond acceptors (Lipinski definition) is 5. The third-order valence-electron chi connectivity index (χ3n) is 2.06. The molecular weight excluding hydrogens is 249 g/mol. The smallest absolute Gasteiger partial charge is 0.380 e. The number of nitrogen functional groups attached to an aromatic ring is 1. The van der Waals surface area contributed by atoms with Crippen LogP contribution in [0.3, 0.4) is 0 Å². The van der Waals surface area contributed by atoms with Crippen LogP contribution in [-0.4, -0.2) is 24.7 Å². The summed E-state index contributed by atoms with van der Waals surface area (Å²) in [5, 5.41) is 2.74. The fourth-order valence-corrected chi connectivity index (χ4v) is 1.25. The van der Waals surface area contributed by atoms with Crippen molar-refractivity contribution in [3.63, 3.8) is 0 Å². The lowest BCUT2D eigenvalue weighted by Crippen LogP contribution is -2.15. The number of alkyl halides is 3.